The molecular formula is C23H33N5O2. The molecule has 3 heterocycles. The van der Waals surface area contributed by atoms with Crippen molar-refractivity contribution in [2.24, 2.45) is 0 Å². The maximum Gasteiger partial charge on any atom is 0.245 e. The van der Waals surface area contributed by atoms with E-state index in [-0.39, 0.29) is 11.8 Å². The van der Waals surface area contributed by atoms with Gasteiger partial charge >= 0.3 is 0 Å². The van der Waals surface area contributed by atoms with Crippen LogP contribution >= 0.6 is 0 Å². The SMILES string of the molecule is CC(=O)N[C@H](Cc1cc(C)c2[nH]ncc2c1)C(=O)N1CCC(N2CCCCC2)CC1. The van der Waals surface area contributed by atoms with Crippen molar-refractivity contribution in [3.8, 4) is 0 Å². The van der Waals surface area contributed by atoms with Gasteiger partial charge in [-0.3, -0.25) is 14.7 Å². The molecule has 162 valence electrons. The van der Waals surface area contributed by atoms with Gasteiger partial charge in [0.1, 0.15) is 6.04 Å². The fourth-order valence-corrected chi connectivity index (χ4v) is 5.07. The van der Waals surface area contributed by atoms with Gasteiger partial charge in [0, 0.05) is 37.9 Å². The Morgan fingerprint density at radius 2 is 1.90 bits per heavy atom. The highest BCUT2D eigenvalue weighted by Crippen LogP contribution is 2.23. The molecule has 0 spiro atoms. The van der Waals surface area contributed by atoms with Gasteiger partial charge < -0.3 is 15.1 Å². The second kappa shape index (κ2) is 9.16. The topological polar surface area (TPSA) is 81.3 Å². The number of H-pyrrole nitrogens is 1. The standard InChI is InChI=1S/C23H33N5O2/c1-16-12-18(13-19-15-24-26-22(16)19)14-21(25-17(2)29)23(30)28-10-6-20(7-11-28)27-8-4-3-5-9-27/h12-13,15,20-21H,3-11,14H2,1-2H3,(H,24,26)(H,25,29)/t21-/m1/s1. The summed E-state index contributed by atoms with van der Waals surface area (Å²) >= 11 is 0. The maximum atomic E-state index is 13.3. The van der Waals surface area contributed by atoms with Gasteiger partial charge in [0.15, 0.2) is 0 Å². The summed E-state index contributed by atoms with van der Waals surface area (Å²) in [7, 11) is 0. The smallest absolute Gasteiger partial charge is 0.245 e. The summed E-state index contributed by atoms with van der Waals surface area (Å²) in [4.78, 5) is 29.7. The molecule has 1 aromatic carbocycles. The average molecular weight is 412 g/mol. The maximum absolute atomic E-state index is 13.3. The second-order valence-corrected chi connectivity index (χ2v) is 8.86. The molecule has 2 saturated heterocycles. The van der Waals surface area contributed by atoms with Crippen molar-refractivity contribution < 1.29 is 9.59 Å². The number of benzene rings is 1. The second-order valence-electron chi connectivity index (χ2n) is 8.86. The highest BCUT2D eigenvalue weighted by Gasteiger charge is 2.31. The Kier molecular flexibility index (Phi) is 6.37. The Balaban J connectivity index is 1.42. The van der Waals surface area contributed by atoms with E-state index in [9.17, 15) is 9.59 Å². The highest BCUT2D eigenvalue weighted by molar-refractivity contribution is 5.88. The lowest BCUT2D eigenvalue weighted by atomic mass is 9.97. The summed E-state index contributed by atoms with van der Waals surface area (Å²) in [5.74, 6) is -0.134. The van der Waals surface area contributed by atoms with Crippen LogP contribution in [0.25, 0.3) is 10.9 Å². The van der Waals surface area contributed by atoms with Crippen molar-refractivity contribution in [3.05, 3.63) is 29.5 Å². The third kappa shape index (κ3) is 4.67. The number of aromatic amines is 1. The number of fused-ring (bicyclic) bond motifs is 1. The predicted octanol–water partition coefficient (Wildman–Crippen LogP) is 2.40. The number of carbonyl (C=O) groups excluding carboxylic acids is 2. The molecule has 0 radical (unpaired) electrons. The zero-order valence-electron chi connectivity index (χ0n) is 18.1. The first kappa shape index (κ1) is 20.8. The number of nitrogens with zero attached hydrogens (tertiary/aromatic N) is 3. The van der Waals surface area contributed by atoms with Crippen LogP contribution in [0, 0.1) is 6.92 Å². The number of nitrogens with one attached hydrogen (secondary N) is 2. The lowest BCUT2D eigenvalue weighted by molar-refractivity contribution is -0.137. The van der Waals surface area contributed by atoms with E-state index >= 15 is 0 Å². The van der Waals surface area contributed by atoms with E-state index in [1.807, 2.05) is 11.8 Å². The lowest BCUT2D eigenvalue weighted by Gasteiger charge is -2.41. The van der Waals surface area contributed by atoms with Crippen LogP contribution in [0.3, 0.4) is 0 Å². The van der Waals surface area contributed by atoms with Crippen molar-refractivity contribution in [2.45, 2.75) is 64.5 Å². The van der Waals surface area contributed by atoms with Crippen LogP contribution in [0.4, 0.5) is 0 Å². The highest BCUT2D eigenvalue weighted by atomic mass is 16.2. The number of rotatable bonds is 5. The molecule has 0 bridgehead atoms. The number of likely N-dealkylation sites (tertiary alicyclic amines) is 2. The number of aryl methyl sites for hydroxylation is 1. The minimum absolute atomic E-state index is 0.0345. The average Bonchev–Trinajstić information content (AvgIpc) is 3.22. The third-order valence-corrected chi connectivity index (χ3v) is 6.60. The molecule has 2 N–H and O–H groups in total. The van der Waals surface area contributed by atoms with E-state index in [4.69, 9.17) is 0 Å². The first-order valence-electron chi connectivity index (χ1n) is 11.2. The van der Waals surface area contributed by atoms with Crippen LogP contribution in [-0.4, -0.2) is 70.1 Å². The van der Waals surface area contributed by atoms with Gasteiger partial charge in [0.05, 0.1) is 11.7 Å². The molecule has 30 heavy (non-hydrogen) atoms. The van der Waals surface area contributed by atoms with Gasteiger partial charge in [-0.15, -0.1) is 0 Å². The van der Waals surface area contributed by atoms with Gasteiger partial charge in [-0.05, 0) is 62.9 Å². The molecule has 2 aliphatic heterocycles. The van der Waals surface area contributed by atoms with Crippen molar-refractivity contribution in [1.82, 2.24) is 25.3 Å². The summed E-state index contributed by atoms with van der Waals surface area (Å²) in [5, 5.41) is 11.0. The van der Waals surface area contributed by atoms with Gasteiger partial charge in [-0.2, -0.15) is 5.10 Å². The van der Waals surface area contributed by atoms with Gasteiger partial charge in [0.2, 0.25) is 11.8 Å². The van der Waals surface area contributed by atoms with Crippen molar-refractivity contribution in [2.75, 3.05) is 26.2 Å². The van der Waals surface area contributed by atoms with Crippen LogP contribution in [0.1, 0.15) is 50.2 Å². The predicted molar refractivity (Wildman–Crippen MR) is 117 cm³/mol. The summed E-state index contributed by atoms with van der Waals surface area (Å²) in [6.45, 7) is 7.45. The minimum Gasteiger partial charge on any atom is -0.344 e. The number of aromatic nitrogens is 2. The Hall–Kier alpha value is -2.41. The lowest BCUT2D eigenvalue weighted by Crippen LogP contribution is -2.54. The van der Waals surface area contributed by atoms with E-state index in [1.54, 1.807) is 6.20 Å². The first-order valence-corrected chi connectivity index (χ1v) is 11.2. The largest absolute Gasteiger partial charge is 0.344 e. The van der Waals surface area contributed by atoms with Crippen LogP contribution < -0.4 is 5.32 Å². The molecule has 2 aliphatic rings. The first-order chi connectivity index (χ1) is 14.5. The molecule has 4 rings (SSSR count). The molecule has 1 aromatic heterocycles. The molecule has 0 unspecified atom stereocenters. The van der Waals surface area contributed by atoms with Gasteiger partial charge in [0.25, 0.3) is 0 Å². The van der Waals surface area contributed by atoms with Gasteiger partial charge in [-0.25, -0.2) is 0 Å². The molecule has 2 fully saturated rings. The Morgan fingerprint density at radius 1 is 1.17 bits per heavy atom. The number of amides is 2. The fourth-order valence-electron chi connectivity index (χ4n) is 5.07. The molecular weight excluding hydrogens is 378 g/mol. The Bertz CT molecular complexity index is 894. The summed E-state index contributed by atoms with van der Waals surface area (Å²) in [6, 6.07) is 4.19. The normalized spacial score (nSPS) is 19.7. The molecule has 2 amide bonds. The van der Waals surface area contributed by atoms with E-state index in [1.165, 1.54) is 39.3 Å². The van der Waals surface area contributed by atoms with Crippen LogP contribution in [0.2, 0.25) is 0 Å². The molecule has 0 aliphatic carbocycles. The number of hydrogen-bond donors (Lipinski definition) is 2. The Morgan fingerprint density at radius 3 is 2.60 bits per heavy atom. The zero-order chi connectivity index (χ0) is 21.1. The number of hydrogen-bond acceptors (Lipinski definition) is 4. The minimum atomic E-state index is -0.530. The van der Waals surface area contributed by atoms with Crippen LogP contribution in [-0.2, 0) is 16.0 Å². The zero-order valence-corrected chi connectivity index (χ0v) is 18.1. The summed E-state index contributed by atoms with van der Waals surface area (Å²) in [6.07, 6.45) is 8.28. The van der Waals surface area contributed by atoms with Crippen molar-refractivity contribution >= 4 is 22.7 Å². The van der Waals surface area contributed by atoms with E-state index in [0.29, 0.717) is 12.5 Å². The third-order valence-electron chi connectivity index (χ3n) is 6.60. The van der Waals surface area contributed by atoms with E-state index in [2.05, 4.69) is 32.5 Å². The molecule has 0 saturated carbocycles. The summed E-state index contributed by atoms with van der Waals surface area (Å²) in [5.41, 5.74) is 3.15. The Labute approximate surface area is 178 Å². The molecule has 1 atom stereocenters. The fraction of sp³-hybridized carbons (Fsp3) is 0.609. The molecule has 7 nitrogen and oxygen atoms in total. The monoisotopic (exact) mass is 411 g/mol. The summed E-state index contributed by atoms with van der Waals surface area (Å²) < 4.78 is 0. The van der Waals surface area contributed by atoms with Gasteiger partial charge in [-0.1, -0.05) is 12.5 Å². The van der Waals surface area contributed by atoms with Crippen molar-refractivity contribution in [1.29, 1.82) is 0 Å². The van der Waals surface area contributed by atoms with E-state index < -0.39 is 6.04 Å². The number of carbonyl (C=O) groups is 2. The quantitative estimate of drug-likeness (QED) is 0.792. The molecule has 2 aromatic rings. The van der Waals surface area contributed by atoms with Crippen LogP contribution in [0.5, 0.6) is 0 Å². The number of piperidine rings is 2. The van der Waals surface area contributed by atoms with Crippen LogP contribution in [0.15, 0.2) is 18.3 Å². The molecule has 7 heteroatoms. The van der Waals surface area contributed by atoms with Crippen molar-refractivity contribution in [3.63, 3.8) is 0 Å². The van der Waals surface area contributed by atoms with E-state index in [0.717, 1.165) is 48.0 Å².